The number of halogens is 1. The number of methoxy groups -OCH3 is 1. The van der Waals surface area contributed by atoms with Gasteiger partial charge in [0.1, 0.15) is 11.6 Å². The van der Waals surface area contributed by atoms with Crippen LogP contribution in [0.4, 0.5) is 4.39 Å². The molecule has 0 spiro atoms. The van der Waals surface area contributed by atoms with Crippen LogP contribution in [0.15, 0.2) is 42.5 Å². The standard InChI is InChI=1S/C23H30FN2O5P/c1-31-20-8-5-17(6-9-20)21-14-19(24)7-4-18(21)15-26-12-13-32(29,30)23(16-26,22(27)28)10-2-3-11-25/h4-9,14H,2-3,10-13,15-16,25H2,1H3,(H,27,28)(H,29,30). The number of hydrogen-bond donors (Lipinski definition) is 3. The third kappa shape index (κ3) is 5.04. The number of carboxylic acid groups (broad SMARTS) is 1. The molecule has 2 aromatic carbocycles. The number of nitrogens with two attached hydrogens (primary N) is 1. The van der Waals surface area contributed by atoms with E-state index < -0.39 is 18.5 Å². The third-order valence-corrected chi connectivity index (χ3v) is 8.88. The molecule has 1 saturated heterocycles. The first kappa shape index (κ1) is 24.4. The molecule has 7 nitrogen and oxygen atoms in total. The first-order valence-electron chi connectivity index (χ1n) is 10.6. The largest absolute Gasteiger partial charge is 0.497 e. The van der Waals surface area contributed by atoms with Gasteiger partial charge in [0.2, 0.25) is 7.37 Å². The van der Waals surface area contributed by atoms with Crippen LogP contribution < -0.4 is 10.5 Å². The minimum Gasteiger partial charge on any atom is -0.497 e. The lowest BCUT2D eigenvalue weighted by atomic mass is 9.97. The number of ether oxygens (including phenoxy) is 1. The van der Waals surface area contributed by atoms with Crippen molar-refractivity contribution in [3.05, 3.63) is 53.8 Å². The summed E-state index contributed by atoms with van der Waals surface area (Å²) in [4.78, 5) is 24.7. The van der Waals surface area contributed by atoms with E-state index in [1.807, 2.05) is 17.0 Å². The van der Waals surface area contributed by atoms with E-state index in [0.29, 0.717) is 43.8 Å². The minimum atomic E-state index is -3.91. The molecule has 4 N–H and O–H groups in total. The molecule has 0 aliphatic carbocycles. The fourth-order valence-electron chi connectivity index (χ4n) is 4.29. The molecule has 0 aromatic heterocycles. The number of rotatable bonds is 9. The number of nitrogens with zero attached hydrogens (tertiary/aromatic N) is 1. The Morgan fingerprint density at radius 2 is 1.97 bits per heavy atom. The molecule has 1 aliphatic rings. The van der Waals surface area contributed by atoms with Crippen molar-refractivity contribution in [1.29, 1.82) is 0 Å². The Morgan fingerprint density at radius 1 is 1.25 bits per heavy atom. The average molecular weight is 464 g/mol. The Balaban J connectivity index is 1.90. The van der Waals surface area contributed by atoms with E-state index in [2.05, 4.69) is 0 Å². The van der Waals surface area contributed by atoms with Crippen molar-refractivity contribution in [2.75, 3.05) is 32.9 Å². The normalized spacial score (nSPS) is 23.8. The van der Waals surface area contributed by atoms with Gasteiger partial charge in [-0.3, -0.25) is 14.3 Å². The zero-order valence-corrected chi connectivity index (χ0v) is 19.1. The highest BCUT2D eigenvalue weighted by atomic mass is 31.2. The molecule has 32 heavy (non-hydrogen) atoms. The van der Waals surface area contributed by atoms with Crippen molar-refractivity contribution in [2.45, 2.75) is 31.0 Å². The third-order valence-electron chi connectivity index (χ3n) is 6.18. The zero-order chi connectivity index (χ0) is 23.4. The Morgan fingerprint density at radius 3 is 2.59 bits per heavy atom. The van der Waals surface area contributed by atoms with Crippen LogP contribution in [-0.2, 0) is 15.9 Å². The van der Waals surface area contributed by atoms with Crippen LogP contribution in [0.25, 0.3) is 11.1 Å². The molecule has 0 bridgehead atoms. The smallest absolute Gasteiger partial charge is 0.320 e. The topological polar surface area (TPSA) is 113 Å². The van der Waals surface area contributed by atoms with Gasteiger partial charge in [-0.25, -0.2) is 4.39 Å². The highest BCUT2D eigenvalue weighted by molar-refractivity contribution is 7.61. The maximum Gasteiger partial charge on any atom is 0.320 e. The van der Waals surface area contributed by atoms with Gasteiger partial charge in [0, 0.05) is 25.8 Å². The maximum absolute atomic E-state index is 14.1. The second-order valence-electron chi connectivity index (χ2n) is 8.25. The van der Waals surface area contributed by atoms with Gasteiger partial charge in [0.15, 0.2) is 5.16 Å². The van der Waals surface area contributed by atoms with Crippen molar-refractivity contribution >= 4 is 13.3 Å². The second kappa shape index (κ2) is 10.1. The van der Waals surface area contributed by atoms with Crippen molar-refractivity contribution in [2.24, 2.45) is 5.73 Å². The summed E-state index contributed by atoms with van der Waals surface area (Å²) in [6.45, 7) is 0.989. The SMILES string of the molecule is COc1ccc(-c2cc(F)ccc2CN2CCP(=O)(O)C(CCCCN)(C(=O)O)C2)cc1. The molecule has 2 atom stereocenters. The van der Waals surface area contributed by atoms with Crippen LogP contribution in [0.1, 0.15) is 24.8 Å². The predicted molar refractivity (Wildman–Crippen MR) is 122 cm³/mol. The Hall–Kier alpha value is -2.25. The van der Waals surface area contributed by atoms with Crippen LogP contribution in [0.3, 0.4) is 0 Å². The molecule has 0 radical (unpaired) electrons. The number of aliphatic carboxylic acids is 1. The lowest BCUT2D eigenvalue weighted by Crippen LogP contribution is -2.53. The van der Waals surface area contributed by atoms with Crippen LogP contribution >= 0.6 is 7.37 Å². The minimum absolute atomic E-state index is 0.0416. The van der Waals surface area contributed by atoms with Gasteiger partial charge < -0.3 is 20.5 Å². The number of carbonyl (C=O) groups is 1. The van der Waals surface area contributed by atoms with Crippen molar-refractivity contribution in [3.63, 3.8) is 0 Å². The fraction of sp³-hybridized carbons (Fsp3) is 0.435. The van der Waals surface area contributed by atoms with Gasteiger partial charge in [-0.1, -0.05) is 24.6 Å². The van der Waals surface area contributed by atoms with Crippen LogP contribution in [0.2, 0.25) is 0 Å². The number of unbranched alkanes of at least 4 members (excludes halogenated alkanes) is 1. The monoisotopic (exact) mass is 464 g/mol. The van der Waals surface area contributed by atoms with Gasteiger partial charge in [-0.05, 0) is 60.3 Å². The Labute approximate surface area is 187 Å². The molecule has 9 heteroatoms. The molecule has 1 heterocycles. The van der Waals surface area contributed by atoms with Crippen molar-refractivity contribution in [1.82, 2.24) is 4.90 Å². The molecule has 2 unspecified atom stereocenters. The molecular weight excluding hydrogens is 434 g/mol. The molecular formula is C23H30FN2O5P. The maximum atomic E-state index is 14.1. The van der Waals surface area contributed by atoms with Crippen molar-refractivity contribution < 1.29 is 28.5 Å². The molecule has 2 aromatic rings. The lowest BCUT2D eigenvalue weighted by Gasteiger charge is -2.43. The fourth-order valence-corrected chi connectivity index (χ4v) is 6.50. The summed E-state index contributed by atoms with van der Waals surface area (Å²) in [7, 11) is -2.34. The first-order chi connectivity index (χ1) is 15.2. The lowest BCUT2D eigenvalue weighted by molar-refractivity contribution is -0.141. The van der Waals surface area contributed by atoms with Gasteiger partial charge in [0.05, 0.1) is 7.11 Å². The van der Waals surface area contributed by atoms with E-state index in [-0.39, 0.29) is 24.9 Å². The second-order valence-corrected chi connectivity index (χ2v) is 11.0. The van der Waals surface area contributed by atoms with E-state index in [9.17, 15) is 23.7 Å². The summed E-state index contributed by atoms with van der Waals surface area (Å²) in [5.41, 5.74) is 7.84. The summed E-state index contributed by atoms with van der Waals surface area (Å²) in [5, 5.41) is 8.25. The molecule has 0 saturated carbocycles. The van der Waals surface area contributed by atoms with Gasteiger partial charge in [-0.2, -0.15) is 0 Å². The summed E-state index contributed by atoms with van der Waals surface area (Å²) < 4.78 is 32.2. The number of hydrogen-bond acceptors (Lipinski definition) is 5. The highest BCUT2D eigenvalue weighted by Gasteiger charge is 2.56. The zero-order valence-electron chi connectivity index (χ0n) is 18.2. The Bertz CT molecular complexity index is 1000. The van der Waals surface area contributed by atoms with Gasteiger partial charge in [-0.15, -0.1) is 0 Å². The summed E-state index contributed by atoms with van der Waals surface area (Å²) >= 11 is 0. The summed E-state index contributed by atoms with van der Waals surface area (Å²) in [6, 6.07) is 11.8. The number of carboxylic acids is 1. The van der Waals surface area contributed by atoms with Gasteiger partial charge >= 0.3 is 5.97 Å². The van der Waals surface area contributed by atoms with Crippen molar-refractivity contribution in [3.8, 4) is 16.9 Å². The highest BCUT2D eigenvalue weighted by Crippen LogP contribution is 2.59. The quantitative estimate of drug-likeness (QED) is 0.384. The van der Waals surface area contributed by atoms with E-state index in [1.54, 1.807) is 25.3 Å². The summed E-state index contributed by atoms with van der Waals surface area (Å²) in [6.07, 6.45) is 1.06. The van der Waals surface area contributed by atoms with Gasteiger partial charge in [0.25, 0.3) is 0 Å². The van der Waals surface area contributed by atoms with Crippen LogP contribution in [0.5, 0.6) is 5.75 Å². The van der Waals surface area contributed by atoms with E-state index in [0.717, 1.165) is 11.1 Å². The van der Waals surface area contributed by atoms with E-state index in [4.69, 9.17) is 10.5 Å². The van der Waals surface area contributed by atoms with E-state index >= 15 is 0 Å². The molecule has 1 fully saturated rings. The molecule has 3 rings (SSSR count). The predicted octanol–water partition coefficient (Wildman–Crippen LogP) is 3.54. The summed E-state index contributed by atoms with van der Waals surface area (Å²) in [5.74, 6) is -0.940. The van der Waals surface area contributed by atoms with Crippen LogP contribution in [0, 0.1) is 5.82 Å². The molecule has 174 valence electrons. The van der Waals surface area contributed by atoms with Crippen LogP contribution in [-0.4, -0.2) is 58.9 Å². The number of benzene rings is 2. The van der Waals surface area contributed by atoms with E-state index in [1.165, 1.54) is 12.1 Å². The average Bonchev–Trinajstić information content (AvgIpc) is 2.77. The first-order valence-corrected chi connectivity index (χ1v) is 12.5. The molecule has 1 aliphatic heterocycles. The molecule has 0 amide bonds. The Kier molecular flexibility index (Phi) is 7.72.